The summed E-state index contributed by atoms with van der Waals surface area (Å²) in [5, 5.41) is 0. The van der Waals surface area contributed by atoms with E-state index in [2.05, 4.69) is 37.4 Å². The summed E-state index contributed by atoms with van der Waals surface area (Å²) in [5.74, 6) is 0.326. The van der Waals surface area contributed by atoms with Crippen molar-refractivity contribution in [2.45, 2.75) is 19.4 Å². The molecular formula is C20H22BrFN4O. The summed E-state index contributed by atoms with van der Waals surface area (Å²) in [6.07, 6.45) is 8.39. The van der Waals surface area contributed by atoms with E-state index in [1.54, 1.807) is 41.7 Å². The van der Waals surface area contributed by atoms with E-state index < -0.39 is 0 Å². The summed E-state index contributed by atoms with van der Waals surface area (Å²) >= 11 is 3.36. The highest BCUT2D eigenvalue weighted by atomic mass is 79.9. The van der Waals surface area contributed by atoms with Crippen LogP contribution in [-0.4, -0.2) is 40.4 Å². The molecule has 142 valence electrons. The molecule has 2 aromatic rings. The number of carbonyl (C=O) groups is 1. The van der Waals surface area contributed by atoms with Gasteiger partial charge in [-0.1, -0.05) is 22.0 Å². The lowest BCUT2D eigenvalue weighted by molar-refractivity contribution is -0.135. The second kappa shape index (κ2) is 9.08. The molecule has 27 heavy (non-hydrogen) atoms. The number of aromatic nitrogens is 2. The Hall–Kier alpha value is -2.28. The fourth-order valence-corrected chi connectivity index (χ4v) is 3.77. The van der Waals surface area contributed by atoms with Crippen LogP contribution in [0.5, 0.6) is 0 Å². The van der Waals surface area contributed by atoms with Crippen LogP contribution >= 0.6 is 15.9 Å². The van der Waals surface area contributed by atoms with Crippen molar-refractivity contribution in [1.82, 2.24) is 14.9 Å². The van der Waals surface area contributed by atoms with Crippen molar-refractivity contribution in [3.8, 4) is 0 Å². The Bertz CT molecular complexity index is 802. The molecular weight excluding hydrogens is 411 g/mol. The lowest BCUT2D eigenvalue weighted by Crippen LogP contribution is -2.45. The number of carbonyl (C=O) groups excluding carboxylic acids is 1. The van der Waals surface area contributed by atoms with Gasteiger partial charge in [0.25, 0.3) is 0 Å². The van der Waals surface area contributed by atoms with E-state index in [1.807, 2.05) is 0 Å². The third-order valence-electron chi connectivity index (χ3n) is 4.67. The Kier molecular flexibility index (Phi) is 6.55. The average molecular weight is 433 g/mol. The molecule has 0 bridgehead atoms. The Balaban J connectivity index is 1.74. The number of anilines is 1. The Morgan fingerprint density at radius 3 is 3.04 bits per heavy atom. The molecule has 0 saturated carbocycles. The zero-order valence-electron chi connectivity index (χ0n) is 15.0. The fourth-order valence-electron chi connectivity index (χ4n) is 3.36. The smallest absolute Gasteiger partial charge is 0.228 e. The highest BCUT2D eigenvalue weighted by molar-refractivity contribution is 9.10. The summed E-state index contributed by atoms with van der Waals surface area (Å²) in [6, 6.07) is 4.77. The van der Waals surface area contributed by atoms with Gasteiger partial charge >= 0.3 is 0 Å². The van der Waals surface area contributed by atoms with E-state index in [0.29, 0.717) is 18.7 Å². The Morgan fingerprint density at radius 1 is 1.44 bits per heavy atom. The molecule has 1 aromatic heterocycles. The number of nitrogens with zero attached hydrogens (tertiary/aromatic N) is 4. The minimum absolute atomic E-state index is 0.0165. The number of hydrogen-bond donors (Lipinski definition) is 0. The summed E-state index contributed by atoms with van der Waals surface area (Å²) < 4.78 is 14.9. The molecule has 2 heterocycles. The maximum Gasteiger partial charge on any atom is 0.228 e. The van der Waals surface area contributed by atoms with E-state index in [0.717, 1.165) is 29.7 Å². The minimum Gasteiger partial charge on any atom is -0.355 e. The lowest BCUT2D eigenvalue weighted by atomic mass is 9.96. The van der Waals surface area contributed by atoms with E-state index in [1.165, 1.54) is 6.07 Å². The van der Waals surface area contributed by atoms with Crippen LogP contribution in [0.15, 0.2) is 53.9 Å². The van der Waals surface area contributed by atoms with Crippen LogP contribution in [0.2, 0.25) is 0 Å². The van der Waals surface area contributed by atoms with Crippen LogP contribution in [0.3, 0.4) is 0 Å². The molecule has 1 aliphatic rings. The van der Waals surface area contributed by atoms with E-state index in [9.17, 15) is 9.18 Å². The largest absolute Gasteiger partial charge is 0.355 e. The van der Waals surface area contributed by atoms with Crippen molar-refractivity contribution in [2.75, 3.05) is 24.5 Å². The first-order valence-corrected chi connectivity index (χ1v) is 9.72. The molecule has 1 amide bonds. The molecule has 0 spiro atoms. The predicted octanol–water partition coefficient (Wildman–Crippen LogP) is 3.81. The van der Waals surface area contributed by atoms with Gasteiger partial charge in [0.05, 0.1) is 12.1 Å². The molecule has 7 heteroatoms. The number of amides is 1. The quantitative estimate of drug-likeness (QED) is 0.651. The molecule has 1 aromatic carbocycles. The maximum absolute atomic E-state index is 14.2. The molecule has 1 aliphatic heterocycles. The zero-order chi connectivity index (χ0) is 19.2. The number of halogens is 2. The number of hydrogen-bond acceptors (Lipinski definition) is 4. The number of benzene rings is 1. The van der Waals surface area contributed by atoms with E-state index >= 15 is 0 Å². The van der Waals surface area contributed by atoms with Crippen LogP contribution in [-0.2, 0) is 11.3 Å². The minimum atomic E-state index is -0.315. The summed E-state index contributed by atoms with van der Waals surface area (Å²) in [7, 11) is 0. The average Bonchev–Trinajstić information content (AvgIpc) is 2.70. The molecule has 1 unspecified atom stereocenters. The Labute approximate surface area is 167 Å². The van der Waals surface area contributed by atoms with Crippen molar-refractivity contribution in [3.05, 3.63) is 65.3 Å². The first-order valence-electron chi connectivity index (χ1n) is 8.93. The summed E-state index contributed by atoms with van der Waals surface area (Å²) in [5.41, 5.74) is 0.487. The van der Waals surface area contributed by atoms with Gasteiger partial charge in [0.2, 0.25) is 5.91 Å². The standard InChI is InChI=1S/C20H22BrFN4O/c1-2-9-26(14-16-11-17(21)5-6-18(16)22)20(27)15-4-3-10-25(13-15)19-12-23-7-8-24-19/h2,5-8,11-12,15H,1,3-4,9-10,13-14H2. The van der Waals surface area contributed by atoms with Crippen molar-refractivity contribution >= 4 is 27.7 Å². The third kappa shape index (κ3) is 4.91. The molecule has 0 aliphatic carbocycles. The first-order chi connectivity index (χ1) is 13.1. The van der Waals surface area contributed by atoms with Gasteiger partial charge in [-0.2, -0.15) is 0 Å². The van der Waals surface area contributed by atoms with Crippen LogP contribution in [0.1, 0.15) is 18.4 Å². The maximum atomic E-state index is 14.2. The van der Waals surface area contributed by atoms with Crippen LogP contribution in [0, 0.1) is 11.7 Å². The van der Waals surface area contributed by atoms with Crippen molar-refractivity contribution in [1.29, 1.82) is 0 Å². The van der Waals surface area contributed by atoms with Gasteiger partial charge in [0.15, 0.2) is 0 Å². The Morgan fingerprint density at radius 2 is 2.30 bits per heavy atom. The number of rotatable bonds is 6. The second-order valence-corrected chi connectivity index (χ2v) is 7.51. The normalized spacial score (nSPS) is 16.8. The monoisotopic (exact) mass is 432 g/mol. The molecule has 1 fully saturated rings. The molecule has 0 N–H and O–H groups in total. The van der Waals surface area contributed by atoms with Gasteiger partial charge in [-0.15, -0.1) is 6.58 Å². The van der Waals surface area contributed by atoms with Gasteiger partial charge in [0, 0.05) is 48.6 Å². The van der Waals surface area contributed by atoms with Gasteiger partial charge in [-0.05, 0) is 31.0 Å². The van der Waals surface area contributed by atoms with Crippen LogP contribution in [0.4, 0.5) is 10.2 Å². The summed E-state index contributed by atoms with van der Waals surface area (Å²) in [4.78, 5) is 25.3. The van der Waals surface area contributed by atoms with Gasteiger partial charge < -0.3 is 9.80 Å². The zero-order valence-corrected chi connectivity index (χ0v) is 16.6. The predicted molar refractivity (Wildman–Crippen MR) is 107 cm³/mol. The topological polar surface area (TPSA) is 49.3 Å². The highest BCUT2D eigenvalue weighted by Gasteiger charge is 2.30. The van der Waals surface area contributed by atoms with E-state index in [4.69, 9.17) is 0 Å². The third-order valence-corrected chi connectivity index (χ3v) is 5.17. The van der Waals surface area contributed by atoms with Crippen molar-refractivity contribution in [3.63, 3.8) is 0 Å². The highest BCUT2D eigenvalue weighted by Crippen LogP contribution is 2.24. The van der Waals surface area contributed by atoms with Gasteiger partial charge in [-0.25, -0.2) is 9.37 Å². The van der Waals surface area contributed by atoms with Gasteiger partial charge in [0.1, 0.15) is 11.6 Å². The SMILES string of the molecule is C=CCN(Cc1cc(Br)ccc1F)C(=O)C1CCCN(c2cnccn2)C1. The molecule has 3 rings (SSSR count). The molecule has 1 atom stereocenters. The van der Waals surface area contributed by atoms with Crippen LogP contribution in [0.25, 0.3) is 0 Å². The molecule has 5 nitrogen and oxygen atoms in total. The second-order valence-electron chi connectivity index (χ2n) is 6.59. The van der Waals surface area contributed by atoms with E-state index in [-0.39, 0.29) is 24.2 Å². The van der Waals surface area contributed by atoms with Gasteiger partial charge in [-0.3, -0.25) is 9.78 Å². The van der Waals surface area contributed by atoms with Crippen molar-refractivity contribution < 1.29 is 9.18 Å². The lowest BCUT2D eigenvalue weighted by Gasteiger charge is -2.35. The number of piperidine rings is 1. The molecule has 0 radical (unpaired) electrons. The van der Waals surface area contributed by atoms with Crippen molar-refractivity contribution in [2.24, 2.45) is 5.92 Å². The molecule has 1 saturated heterocycles. The fraction of sp³-hybridized carbons (Fsp3) is 0.350. The summed E-state index contributed by atoms with van der Waals surface area (Å²) in [6.45, 7) is 5.79. The first kappa shape index (κ1) is 19.5. The van der Waals surface area contributed by atoms with Crippen LogP contribution < -0.4 is 4.90 Å².